The van der Waals surface area contributed by atoms with Gasteiger partial charge in [0, 0.05) is 25.2 Å². The molecular weight excluding hydrogens is 328 g/mol. The summed E-state index contributed by atoms with van der Waals surface area (Å²) in [5.74, 6) is 0. The van der Waals surface area contributed by atoms with E-state index < -0.39 is 0 Å². The number of thiophene rings is 1. The highest BCUT2D eigenvalue weighted by molar-refractivity contribution is 7.13. The predicted molar refractivity (Wildman–Crippen MR) is 95.9 cm³/mol. The maximum atomic E-state index is 6.69. The molecule has 2 aromatic heterocycles. The third-order valence-electron chi connectivity index (χ3n) is 4.48. The van der Waals surface area contributed by atoms with E-state index in [1.165, 1.54) is 10.5 Å². The quantitative estimate of drug-likeness (QED) is 0.838. The van der Waals surface area contributed by atoms with Crippen LogP contribution in [0.25, 0.3) is 15.6 Å². The van der Waals surface area contributed by atoms with Crippen molar-refractivity contribution < 1.29 is 4.74 Å². The van der Waals surface area contributed by atoms with Gasteiger partial charge in [-0.05, 0) is 42.0 Å². The molecule has 1 fully saturated rings. The molecule has 5 heteroatoms. The molecule has 3 nitrogen and oxygen atoms in total. The zero-order valence-electron chi connectivity index (χ0n) is 12.9. The fraction of sp³-hybridized carbons (Fsp3) is 0.389. The van der Waals surface area contributed by atoms with Gasteiger partial charge in [-0.2, -0.15) is 0 Å². The predicted octanol–water partition coefficient (Wildman–Crippen LogP) is 4.04. The van der Waals surface area contributed by atoms with Crippen LogP contribution in [0, 0.1) is 0 Å². The van der Waals surface area contributed by atoms with Gasteiger partial charge < -0.3 is 4.74 Å². The normalized spacial score (nSPS) is 19.0. The van der Waals surface area contributed by atoms with Crippen molar-refractivity contribution in [1.29, 1.82) is 0 Å². The SMILES string of the molecule is ClC1=C(CN2CCOCC2)CCc2nc(-c3cccs3)ccc21. The minimum absolute atomic E-state index is 0.827. The maximum Gasteiger partial charge on any atom is 0.0805 e. The number of hydrogen-bond donors (Lipinski definition) is 0. The van der Waals surface area contributed by atoms with Gasteiger partial charge in [0.15, 0.2) is 0 Å². The molecule has 0 radical (unpaired) electrons. The zero-order chi connectivity index (χ0) is 15.6. The number of ether oxygens (including phenoxy) is 1. The van der Waals surface area contributed by atoms with E-state index >= 15 is 0 Å². The van der Waals surface area contributed by atoms with E-state index in [1.54, 1.807) is 11.3 Å². The Morgan fingerprint density at radius 2 is 2.04 bits per heavy atom. The van der Waals surface area contributed by atoms with E-state index in [1.807, 2.05) is 0 Å². The number of hydrogen-bond acceptors (Lipinski definition) is 4. The molecule has 120 valence electrons. The van der Waals surface area contributed by atoms with Crippen LogP contribution < -0.4 is 0 Å². The Hall–Kier alpha value is -1.20. The van der Waals surface area contributed by atoms with Crippen LogP contribution in [0.15, 0.2) is 35.2 Å². The molecule has 4 rings (SSSR count). The Bertz CT molecular complexity index is 721. The standard InChI is InChI=1S/C18H19ClN2OS/c19-18-13(12-21-7-9-22-10-8-21)3-5-15-14(18)4-6-16(20-15)17-2-1-11-23-17/h1-2,4,6,11H,3,5,7-10,12H2. The van der Waals surface area contributed by atoms with Crippen LogP contribution in [0.2, 0.25) is 0 Å². The molecule has 3 heterocycles. The van der Waals surface area contributed by atoms with Gasteiger partial charge in [0.1, 0.15) is 0 Å². The molecule has 1 aliphatic heterocycles. The van der Waals surface area contributed by atoms with E-state index in [-0.39, 0.29) is 0 Å². The van der Waals surface area contributed by atoms with Crippen LogP contribution in [0.1, 0.15) is 17.7 Å². The summed E-state index contributed by atoms with van der Waals surface area (Å²) < 4.78 is 5.42. The molecule has 0 aromatic carbocycles. The van der Waals surface area contributed by atoms with Gasteiger partial charge in [-0.25, -0.2) is 0 Å². The third-order valence-corrected chi connectivity index (χ3v) is 5.84. The largest absolute Gasteiger partial charge is 0.379 e. The average molecular weight is 347 g/mol. The summed E-state index contributed by atoms with van der Waals surface area (Å²) in [6, 6.07) is 8.40. The van der Waals surface area contributed by atoms with Gasteiger partial charge in [0.2, 0.25) is 0 Å². The summed E-state index contributed by atoms with van der Waals surface area (Å²) >= 11 is 8.42. The van der Waals surface area contributed by atoms with Crippen molar-refractivity contribution in [1.82, 2.24) is 9.88 Å². The van der Waals surface area contributed by atoms with Gasteiger partial charge in [-0.3, -0.25) is 9.88 Å². The molecule has 1 aliphatic carbocycles. The summed E-state index contributed by atoms with van der Waals surface area (Å²) in [7, 11) is 0. The van der Waals surface area contributed by atoms with Crippen molar-refractivity contribution >= 4 is 28.0 Å². The number of halogens is 1. The fourth-order valence-corrected chi connectivity index (χ4v) is 4.22. The monoisotopic (exact) mass is 346 g/mol. The Morgan fingerprint density at radius 3 is 2.83 bits per heavy atom. The van der Waals surface area contributed by atoms with Crippen molar-refractivity contribution in [2.75, 3.05) is 32.8 Å². The van der Waals surface area contributed by atoms with E-state index in [9.17, 15) is 0 Å². The molecule has 0 unspecified atom stereocenters. The smallest absolute Gasteiger partial charge is 0.0805 e. The van der Waals surface area contributed by atoms with E-state index in [0.717, 1.165) is 67.7 Å². The van der Waals surface area contributed by atoms with Gasteiger partial charge in [0.05, 0.1) is 34.5 Å². The Kier molecular flexibility index (Phi) is 4.49. The summed E-state index contributed by atoms with van der Waals surface area (Å²) in [6.07, 6.45) is 1.98. The van der Waals surface area contributed by atoms with Crippen molar-refractivity contribution in [3.05, 3.63) is 46.5 Å². The minimum atomic E-state index is 0.827. The van der Waals surface area contributed by atoms with Crippen LogP contribution in [0.3, 0.4) is 0 Å². The number of aryl methyl sites for hydroxylation is 1. The molecule has 1 saturated heterocycles. The lowest BCUT2D eigenvalue weighted by Crippen LogP contribution is -2.37. The number of nitrogens with zero attached hydrogens (tertiary/aromatic N) is 2. The van der Waals surface area contributed by atoms with Crippen LogP contribution in [0.5, 0.6) is 0 Å². The number of fused-ring (bicyclic) bond motifs is 1. The third kappa shape index (κ3) is 3.22. The lowest BCUT2D eigenvalue weighted by atomic mass is 9.95. The Morgan fingerprint density at radius 1 is 1.17 bits per heavy atom. The molecular formula is C18H19ClN2OS. The van der Waals surface area contributed by atoms with Gasteiger partial charge in [-0.15, -0.1) is 11.3 Å². The molecule has 0 amide bonds. The van der Waals surface area contributed by atoms with E-state index in [2.05, 4.69) is 34.5 Å². The Balaban J connectivity index is 1.59. The molecule has 0 spiro atoms. The number of aromatic nitrogens is 1. The van der Waals surface area contributed by atoms with Crippen LogP contribution >= 0.6 is 22.9 Å². The molecule has 0 bridgehead atoms. The highest BCUT2D eigenvalue weighted by atomic mass is 35.5. The topological polar surface area (TPSA) is 25.4 Å². The van der Waals surface area contributed by atoms with Crippen molar-refractivity contribution in [2.24, 2.45) is 0 Å². The van der Waals surface area contributed by atoms with Gasteiger partial charge in [0.25, 0.3) is 0 Å². The van der Waals surface area contributed by atoms with Crippen molar-refractivity contribution in [3.8, 4) is 10.6 Å². The minimum Gasteiger partial charge on any atom is -0.379 e. The lowest BCUT2D eigenvalue weighted by molar-refractivity contribution is 0.0420. The first-order chi connectivity index (χ1) is 11.3. The molecule has 23 heavy (non-hydrogen) atoms. The van der Waals surface area contributed by atoms with Crippen molar-refractivity contribution in [3.63, 3.8) is 0 Å². The number of rotatable bonds is 3. The first-order valence-electron chi connectivity index (χ1n) is 8.03. The summed E-state index contributed by atoms with van der Waals surface area (Å²) in [5, 5.41) is 2.99. The second kappa shape index (κ2) is 6.73. The maximum absolute atomic E-state index is 6.69. The van der Waals surface area contributed by atoms with Crippen LogP contribution in [-0.4, -0.2) is 42.7 Å². The van der Waals surface area contributed by atoms with Gasteiger partial charge >= 0.3 is 0 Å². The molecule has 0 N–H and O–H groups in total. The molecule has 0 saturated carbocycles. The first-order valence-corrected chi connectivity index (χ1v) is 9.29. The molecule has 2 aliphatic rings. The van der Waals surface area contributed by atoms with Crippen molar-refractivity contribution in [2.45, 2.75) is 12.8 Å². The van der Waals surface area contributed by atoms with E-state index in [0.29, 0.717) is 0 Å². The summed E-state index contributed by atoms with van der Waals surface area (Å²) in [4.78, 5) is 8.49. The summed E-state index contributed by atoms with van der Waals surface area (Å²) in [5.41, 5.74) is 4.64. The first kappa shape index (κ1) is 15.3. The summed E-state index contributed by atoms with van der Waals surface area (Å²) in [6.45, 7) is 4.60. The second-order valence-corrected chi connectivity index (χ2v) is 7.30. The molecule has 0 atom stereocenters. The fourth-order valence-electron chi connectivity index (χ4n) is 3.20. The van der Waals surface area contributed by atoms with Crippen LogP contribution in [-0.2, 0) is 11.2 Å². The Labute approximate surface area is 145 Å². The number of morpholine rings is 1. The van der Waals surface area contributed by atoms with E-state index in [4.69, 9.17) is 21.3 Å². The average Bonchev–Trinajstić information content (AvgIpc) is 3.13. The lowest BCUT2D eigenvalue weighted by Gasteiger charge is -2.29. The van der Waals surface area contributed by atoms with Crippen LogP contribution in [0.4, 0.5) is 0 Å². The highest BCUT2D eigenvalue weighted by Gasteiger charge is 2.22. The number of pyridine rings is 1. The van der Waals surface area contributed by atoms with Gasteiger partial charge in [-0.1, -0.05) is 17.7 Å². The highest BCUT2D eigenvalue weighted by Crippen LogP contribution is 2.35. The second-order valence-electron chi connectivity index (χ2n) is 5.97. The zero-order valence-corrected chi connectivity index (χ0v) is 14.5. The molecule has 2 aromatic rings.